The van der Waals surface area contributed by atoms with E-state index in [0.29, 0.717) is 5.71 Å². The van der Waals surface area contributed by atoms with Crippen LogP contribution in [-0.4, -0.2) is 5.71 Å². The normalized spacial score (nSPS) is 13.9. The topological polar surface area (TPSA) is 23.9 Å². The van der Waals surface area contributed by atoms with Gasteiger partial charge in [-0.3, -0.25) is 0 Å². The number of hydrogen-bond acceptors (Lipinski definition) is 1. The zero-order valence-electron chi connectivity index (χ0n) is 11.6. The fourth-order valence-corrected chi connectivity index (χ4v) is 1.91. The van der Waals surface area contributed by atoms with E-state index in [1.807, 2.05) is 43.4 Å². The Hall–Kier alpha value is -2.15. The third-order valence-electron chi connectivity index (χ3n) is 2.73. The summed E-state index contributed by atoms with van der Waals surface area (Å²) in [5.41, 5.74) is 2.94. The molecule has 0 aliphatic carbocycles. The summed E-state index contributed by atoms with van der Waals surface area (Å²) in [6.45, 7) is 7.56. The molecule has 1 atom stereocenters. The number of nitrogens with one attached hydrogen (secondary N) is 1. The minimum Gasteiger partial charge on any atom is -0.306 e. The number of rotatable bonds is 6. The molecule has 0 aliphatic rings. The van der Waals surface area contributed by atoms with Crippen molar-refractivity contribution in [2.45, 2.75) is 19.8 Å². The van der Waals surface area contributed by atoms with Crippen molar-refractivity contribution in [1.82, 2.24) is 0 Å². The molecule has 0 aromatic heterocycles. The van der Waals surface area contributed by atoms with Crippen molar-refractivity contribution in [2.75, 3.05) is 0 Å². The molecule has 1 heteroatoms. The van der Waals surface area contributed by atoms with Crippen LogP contribution in [0.5, 0.6) is 0 Å². The van der Waals surface area contributed by atoms with Crippen LogP contribution >= 0.6 is 0 Å². The second kappa shape index (κ2) is 8.04. The monoisotopic (exact) mass is 251 g/mol. The molecule has 0 heterocycles. The molecule has 19 heavy (non-hydrogen) atoms. The molecule has 1 aromatic rings. The van der Waals surface area contributed by atoms with Gasteiger partial charge in [-0.05, 0) is 31.1 Å². The lowest BCUT2D eigenvalue weighted by molar-refractivity contribution is 1.03. The largest absolute Gasteiger partial charge is 0.306 e. The summed E-state index contributed by atoms with van der Waals surface area (Å²) in [5.74, 6) is 0.149. The fraction of sp³-hybridized carbons (Fsp3) is 0.167. The van der Waals surface area contributed by atoms with E-state index in [1.165, 1.54) is 11.1 Å². The van der Waals surface area contributed by atoms with Crippen LogP contribution in [0, 0.1) is 5.41 Å². The highest BCUT2D eigenvalue weighted by Gasteiger charge is 2.10. The van der Waals surface area contributed by atoms with Gasteiger partial charge < -0.3 is 5.41 Å². The van der Waals surface area contributed by atoms with Crippen LogP contribution in [0.2, 0.25) is 0 Å². The van der Waals surface area contributed by atoms with Crippen LogP contribution in [0.1, 0.15) is 25.3 Å². The average Bonchev–Trinajstić information content (AvgIpc) is 2.40. The second-order valence-electron chi connectivity index (χ2n) is 4.33. The zero-order chi connectivity index (χ0) is 14.1. The molecular formula is C18H21N. The van der Waals surface area contributed by atoms with Crippen molar-refractivity contribution in [3.05, 3.63) is 84.5 Å². The minimum atomic E-state index is 0.149. The van der Waals surface area contributed by atoms with E-state index >= 15 is 0 Å². The fourth-order valence-electron chi connectivity index (χ4n) is 1.91. The number of allylic oxidation sites excluding steroid dienone is 7. The molecule has 0 aliphatic heterocycles. The lowest BCUT2D eigenvalue weighted by Gasteiger charge is -2.15. The van der Waals surface area contributed by atoms with Crippen LogP contribution in [-0.2, 0) is 0 Å². The maximum atomic E-state index is 7.55. The van der Waals surface area contributed by atoms with Crippen molar-refractivity contribution < 1.29 is 0 Å². The standard InChI is InChI=1S/C18H21N/c1-4-9-16(10-5-2)18(14-13-15(3)19)17-11-7-6-8-12-17/h4-14,18-19H,1H2,2-3H3/b10-5-,14-13+,16-9+,19-15?. The van der Waals surface area contributed by atoms with Gasteiger partial charge in [-0.2, -0.15) is 0 Å². The molecule has 1 unspecified atom stereocenters. The summed E-state index contributed by atoms with van der Waals surface area (Å²) in [7, 11) is 0. The molecule has 0 amide bonds. The lowest BCUT2D eigenvalue weighted by Crippen LogP contribution is -1.99. The van der Waals surface area contributed by atoms with Gasteiger partial charge in [0.05, 0.1) is 0 Å². The third-order valence-corrected chi connectivity index (χ3v) is 2.73. The van der Waals surface area contributed by atoms with E-state index in [4.69, 9.17) is 5.41 Å². The first kappa shape index (κ1) is 14.9. The predicted octanol–water partition coefficient (Wildman–Crippen LogP) is 5.05. The van der Waals surface area contributed by atoms with Gasteiger partial charge in [-0.15, -0.1) is 0 Å². The highest BCUT2D eigenvalue weighted by atomic mass is 14.4. The summed E-state index contributed by atoms with van der Waals surface area (Å²) < 4.78 is 0. The molecule has 1 nitrogen and oxygen atoms in total. The summed E-state index contributed by atoms with van der Waals surface area (Å²) in [6.07, 6.45) is 11.8. The molecule has 0 spiro atoms. The van der Waals surface area contributed by atoms with Gasteiger partial charge in [-0.25, -0.2) is 0 Å². The van der Waals surface area contributed by atoms with E-state index in [-0.39, 0.29) is 5.92 Å². The van der Waals surface area contributed by atoms with Crippen molar-refractivity contribution >= 4 is 5.71 Å². The van der Waals surface area contributed by atoms with Crippen LogP contribution in [0.4, 0.5) is 0 Å². The SMILES string of the molecule is C=C/C=C(\C=C/C)C(/C=C/C(C)=N)c1ccccc1. The van der Waals surface area contributed by atoms with Crippen LogP contribution in [0.25, 0.3) is 0 Å². The van der Waals surface area contributed by atoms with Gasteiger partial charge in [0.25, 0.3) is 0 Å². The Kier molecular flexibility index (Phi) is 6.31. The molecule has 0 saturated heterocycles. The van der Waals surface area contributed by atoms with Crippen molar-refractivity contribution in [3.8, 4) is 0 Å². The maximum absolute atomic E-state index is 7.55. The number of hydrogen-bond donors (Lipinski definition) is 1. The smallest absolute Gasteiger partial charge is 0.0280 e. The van der Waals surface area contributed by atoms with Crippen LogP contribution in [0.3, 0.4) is 0 Å². The number of benzene rings is 1. The molecule has 98 valence electrons. The molecule has 0 saturated carbocycles. The minimum absolute atomic E-state index is 0.149. The molecular weight excluding hydrogens is 230 g/mol. The Labute approximate surface area is 116 Å². The van der Waals surface area contributed by atoms with Gasteiger partial charge in [0.1, 0.15) is 0 Å². The summed E-state index contributed by atoms with van der Waals surface area (Å²) in [5, 5.41) is 7.55. The van der Waals surface area contributed by atoms with Gasteiger partial charge in [0.2, 0.25) is 0 Å². The molecule has 1 N–H and O–H groups in total. The van der Waals surface area contributed by atoms with Gasteiger partial charge in [0, 0.05) is 11.6 Å². The average molecular weight is 251 g/mol. The highest BCUT2D eigenvalue weighted by molar-refractivity contribution is 5.90. The van der Waals surface area contributed by atoms with Crippen LogP contribution < -0.4 is 0 Å². The van der Waals surface area contributed by atoms with Crippen molar-refractivity contribution in [1.29, 1.82) is 5.41 Å². The summed E-state index contributed by atoms with van der Waals surface area (Å²) >= 11 is 0. The van der Waals surface area contributed by atoms with E-state index in [0.717, 1.165) is 0 Å². The van der Waals surface area contributed by atoms with E-state index in [9.17, 15) is 0 Å². The Bertz CT molecular complexity index is 504. The summed E-state index contributed by atoms with van der Waals surface area (Å²) in [6, 6.07) is 10.3. The first-order valence-electron chi connectivity index (χ1n) is 6.42. The quantitative estimate of drug-likeness (QED) is 0.540. The van der Waals surface area contributed by atoms with Gasteiger partial charge in [-0.1, -0.05) is 67.3 Å². The van der Waals surface area contributed by atoms with E-state index in [2.05, 4.69) is 30.9 Å². The van der Waals surface area contributed by atoms with E-state index in [1.54, 1.807) is 13.0 Å². The van der Waals surface area contributed by atoms with Crippen molar-refractivity contribution in [3.63, 3.8) is 0 Å². The predicted molar refractivity (Wildman–Crippen MR) is 84.8 cm³/mol. The first-order valence-corrected chi connectivity index (χ1v) is 6.42. The molecule has 0 bridgehead atoms. The first-order chi connectivity index (χ1) is 9.19. The Balaban J connectivity index is 3.22. The van der Waals surface area contributed by atoms with Crippen molar-refractivity contribution in [2.24, 2.45) is 0 Å². The Morgan fingerprint density at radius 3 is 2.42 bits per heavy atom. The summed E-state index contributed by atoms with van der Waals surface area (Å²) in [4.78, 5) is 0. The second-order valence-corrected chi connectivity index (χ2v) is 4.33. The van der Waals surface area contributed by atoms with Gasteiger partial charge >= 0.3 is 0 Å². The Morgan fingerprint density at radius 1 is 1.21 bits per heavy atom. The molecule has 0 radical (unpaired) electrons. The lowest BCUT2D eigenvalue weighted by atomic mass is 9.89. The van der Waals surface area contributed by atoms with Gasteiger partial charge in [0.15, 0.2) is 0 Å². The highest BCUT2D eigenvalue weighted by Crippen LogP contribution is 2.27. The molecule has 1 rings (SSSR count). The van der Waals surface area contributed by atoms with E-state index < -0.39 is 0 Å². The zero-order valence-corrected chi connectivity index (χ0v) is 11.6. The molecule has 0 fully saturated rings. The third kappa shape index (κ3) is 4.92. The maximum Gasteiger partial charge on any atom is 0.0280 e. The molecule has 1 aromatic carbocycles. The Morgan fingerprint density at radius 2 is 1.89 bits per heavy atom. The van der Waals surface area contributed by atoms with Crippen LogP contribution in [0.15, 0.2) is 78.9 Å².